The van der Waals surface area contributed by atoms with Crippen LogP contribution < -0.4 is 10.1 Å². The molecule has 2 unspecified atom stereocenters. The van der Waals surface area contributed by atoms with E-state index in [1.807, 2.05) is 12.1 Å². The van der Waals surface area contributed by atoms with Gasteiger partial charge in [0.15, 0.2) is 11.6 Å². The van der Waals surface area contributed by atoms with Crippen LogP contribution >= 0.6 is 0 Å². The number of ether oxygens (including phenoxy) is 1. The van der Waals surface area contributed by atoms with Crippen molar-refractivity contribution >= 4 is 26.6 Å². The molecule has 3 aromatic rings. The number of hydrogen-bond donors (Lipinski definition) is 2. The van der Waals surface area contributed by atoms with Crippen molar-refractivity contribution in [1.82, 2.24) is 19.2 Å². The smallest absolute Gasteiger partial charge is 0.211 e. The molecule has 6 rings (SSSR count). The highest BCUT2D eigenvalue weighted by Gasteiger charge is 2.36. The fourth-order valence-electron chi connectivity index (χ4n) is 6.14. The van der Waals surface area contributed by atoms with Gasteiger partial charge < -0.3 is 15.2 Å². The number of aliphatic hydroxyl groups is 1. The fourth-order valence-corrected chi connectivity index (χ4v) is 7.00. The van der Waals surface area contributed by atoms with Crippen LogP contribution in [0.1, 0.15) is 42.5 Å². The van der Waals surface area contributed by atoms with E-state index in [0.717, 1.165) is 41.8 Å². The molecule has 2 saturated heterocycles. The summed E-state index contributed by atoms with van der Waals surface area (Å²) in [4.78, 5) is 11.5. The molecule has 5 heterocycles. The van der Waals surface area contributed by atoms with Crippen molar-refractivity contribution in [3.63, 3.8) is 0 Å². The lowest BCUT2D eigenvalue weighted by molar-refractivity contribution is 0.0952. The van der Waals surface area contributed by atoms with Gasteiger partial charge in [0.25, 0.3) is 0 Å². The average molecular weight is 560 g/mol. The predicted molar refractivity (Wildman–Crippen MR) is 142 cm³/mol. The lowest BCUT2D eigenvalue weighted by Gasteiger charge is -2.35. The molecule has 0 bridgehead atoms. The Morgan fingerprint density at radius 1 is 1.10 bits per heavy atom. The molecule has 0 spiro atoms. The van der Waals surface area contributed by atoms with Crippen LogP contribution in [-0.2, 0) is 10.0 Å². The summed E-state index contributed by atoms with van der Waals surface area (Å²) in [5, 5.41) is 15.8. The van der Waals surface area contributed by atoms with Gasteiger partial charge in [-0.2, -0.15) is 4.31 Å². The Morgan fingerprint density at radius 2 is 1.95 bits per heavy atom. The predicted octanol–water partition coefficient (Wildman–Crippen LogP) is 3.03. The maximum Gasteiger partial charge on any atom is 0.211 e. The van der Waals surface area contributed by atoms with Crippen molar-refractivity contribution < 1.29 is 27.0 Å². The molecule has 12 heteroatoms. The molecule has 2 fully saturated rings. The largest absolute Gasteiger partial charge is 0.490 e. The van der Waals surface area contributed by atoms with Crippen LogP contribution in [0, 0.1) is 11.6 Å². The molecule has 3 aliphatic heterocycles. The third-order valence-electron chi connectivity index (χ3n) is 8.11. The standard InChI is InChI=1S/C27H31F2N5O4S/c1-39(36,37)34-8-4-22(24(35)15-34)32-25-12-19-16(13-31-25)2-6-30-26(19)17-3-7-33(14-17)23-5-9-38-27-20(23)10-18(28)11-21(27)29/h2,6,10-13,17,22-24,35H,3-5,7-9,14-15H2,1H3,(H,31,32)/t17?,22-,23?,24-/m1/s1. The van der Waals surface area contributed by atoms with Crippen molar-refractivity contribution in [1.29, 1.82) is 0 Å². The van der Waals surface area contributed by atoms with Gasteiger partial charge in [-0.15, -0.1) is 0 Å². The molecule has 208 valence electrons. The summed E-state index contributed by atoms with van der Waals surface area (Å²) in [7, 11) is -3.36. The first kappa shape index (κ1) is 26.3. The number of benzene rings is 1. The van der Waals surface area contributed by atoms with Gasteiger partial charge in [-0.1, -0.05) is 0 Å². The van der Waals surface area contributed by atoms with Crippen LogP contribution in [0.15, 0.2) is 36.7 Å². The number of pyridine rings is 2. The zero-order valence-electron chi connectivity index (χ0n) is 21.6. The summed E-state index contributed by atoms with van der Waals surface area (Å²) in [6, 6.07) is 5.62. The number of nitrogens with zero attached hydrogens (tertiary/aromatic N) is 4. The third-order valence-corrected chi connectivity index (χ3v) is 9.38. The Kier molecular flexibility index (Phi) is 6.90. The Bertz CT molecular complexity index is 1510. The van der Waals surface area contributed by atoms with E-state index in [4.69, 9.17) is 9.72 Å². The van der Waals surface area contributed by atoms with E-state index in [9.17, 15) is 22.3 Å². The number of halogens is 2. The van der Waals surface area contributed by atoms with Crippen molar-refractivity contribution in [2.45, 2.75) is 43.4 Å². The Hall–Kier alpha value is -2.93. The van der Waals surface area contributed by atoms with E-state index in [-0.39, 0.29) is 30.3 Å². The SMILES string of the molecule is CS(=O)(=O)N1CC[C@@H](Nc2cc3c(C4CCN(C5CCOc6c(F)cc(F)cc65)C4)nccc3cn2)[C@H](O)C1. The van der Waals surface area contributed by atoms with Crippen molar-refractivity contribution in [2.75, 3.05) is 44.4 Å². The molecule has 2 aromatic heterocycles. The number of piperidine rings is 1. The number of aromatic nitrogens is 2. The molecule has 9 nitrogen and oxygen atoms in total. The van der Waals surface area contributed by atoms with Crippen molar-refractivity contribution in [2.24, 2.45) is 0 Å². The van der Waals surface area contributed by atoms with E-state index < -0.39 is 27.8 Å². The second kappa shape index (κ2) is 10.2. The Balaban J connectivity index is 1.21. The summed E-state index contributed by atoms with van der Waals surface area (Å²) in [5.74, 6) is -0.413. The van der Waals surface area contributed by atoms with Gasteiger partial charge in [0.05, 0.1) is 30.7 Å². The third kappa shape index (κ3) is 5.18. The van der Waals surface area contributed by atoms with Gasteiger partial charge in [-0.05, 0) is 37.6 Å². The minimum Gasteiger partial charge on any atom is -0.490 e. The molecule has 0 amide bonds. The normalized spacial score (nSPS) is 26.4. The molecule has 0 radical (unpaired) electrons. The highest BCUT2D eigenvalue weighted by molar-refractivity contribution is 7.88. The second-order valence-corrected chi connectivity index (χ2v) is 12.6. The number of fused-ring (bicyclic) bond motifs is 2. The lowest BCUT2D eigenvalue weighted by Crippen LogP contribution is -2.51. The molecule has 0 aliphatic carbocycles. The molecular formula is C27H31F2N5O4S. The number of β-amino-alcohol motifs (C(OH)–C–C–N with tert-alkyl or cyclic N) is 1. The van der Waals surface area contributed by atoms with Gasteiger partial charge in [0.1, 0.15) is 11.6 Å². The minimum atomic E-state index is -3.36. The number of likely N-dealkylation sites (tertiary alicyclic amines) is 1. The van der Waals surface area contributed by atoms with Crippen LogP contribution in [0.4, 0.5) is 14.6 Å². The van der Waals surface area contributed by atoms with E-state index in [1.54, 1.807) is 12.4 Å². The van der Waals surface area contributed by atoms with Crippen molar-refractivity contribution in [3.05, 3.63) is 59.6 Å². The lowest BCUT2D eigenvalue weighted by atomic mass is 9.97. The van der Waals surface area contributed by atoms with Crippen LogP contribution in [-0.4, -0.2) is 83.9 Å². The monoisotopic (exact) mass is 559 g/mol. The van der Waals surface area contributed by atoms with Gasteiger partial charge in [-0.3, -0.25) is 9.88 Å². The summed E-state index contributed by atoms with van der Waals surface area (Å²) in [6.07, 6.45) is 5.80. The first-order chi connectivity index (χ1) is 18.7. The summed E-state index contributed by atoms with van der Waals surface area (Å²) >= 11 is 0. The van der Waals surface area contributed by atoms with E-state index >= 15 is 0 Å². The summed E-state index contributed by atoms with van der Waals surface area (Å²) in [6.45, 7) is 2.21. The molecular weight excluding hydrogens is 528 g/mol. The van der Waals surface area contributed by atoms with Gasteiger partial charge in [-0.25, -0.2) is 22.2 Å². The zero-order valence-corrected chi connectivity index (χ0v) is 22.4. The average Bonchev–Trinajstić information content (AvgIpc) is 3.38. The first-order valence-electron chi connectivity index (χ1n) is 13.2. The second-order valence-electron chi connectivity index (χ2n) is 10.7. The van der Waals surface area contributed by atoms with Crippen LogP contribution in [0.3, 0.4) is 0 Å². The maximum absolute atomic E-state index is 14.4. The molecule has 4 atom stereocenters. The number of hydrogen-bond acceptors (Lipinski definition) is 8. The van der Waals surface area contributed by atoms with Gasteiger partial charge in [0.2, 0.25) is 10.0 Å². The van der Waals surface area contributed by atoms with Crippen LogP contribution in [0.25, 0.3) is 10.8 Å². The Labute approximate surface area is 225 Å². The first-order valence-corrected chi connectivity index (χ1v) is 15.0. The number of rotatable bonds is 5. The number of anilines is 1. The number of sulfonamides is 1. The van der Waals surface area contributed by atoms with E-state index in [2.05, 4.69) is 15.2 Å². The molecule has 2 N–H and O–H groups in total. The molecule has 3 aliphatic rings. The van der Waals surface area contributed by atoms with Crippen LogP contribution in [0.2, 0.25) is 0 Å². The number of nitrogens with one attached hydrogen (secondary N) is 1. The Morgan fingerprint density at radius 3 is 2.74 bits per heavy atom. The number of aliphatic hydroxyl groups excluding tert-OH is 1. The zero-order chi connectivity index (χ0) is 27.3. The highest BCUT2D eigenvalue weighted by atomic mass is 32.2. The fraction of sp³-hybridized carbons (Fsp3) is 0.481. The van der Waals surface area contributed by atoms with Crippen LogP contribution in [0.5, 0.6) is 5.75 Å². The molecule has 39 heavy (non-hydrogen) atoms. The van der Waals surface area contributed by atoms with Gasteiger partial charge in [0, 0.05) is 72.8 Å². The van der Waals surface area contributed by atoms with Gasteiger partial charge >= 0.3 is 0 Å². The summed E-state index contributed by atoms with van der Waals surface area (Å²) in [5.41, 5.74) is 1.49. The quantitative estimate of drug-likeness (QED) is 0.491. The van der Waals surface area contributed by atoms with E-state index in [0.29, 0.717) is 43.9 Å². The highest BCUT2D eigenvalue weighted by Crippen LogP contribution is 2.42. The molecule has 0 saturated carbocycles. The molecule has 1 aromatic carbocycles. The topological polar surface area (TPSA) is 108 Å². The van der Waals surface area contributed by atoms with Crippen molar-refractivity contribution in [3.8, 4) is 5.75 Å². The van der Waals surface area contributed by atoms with E-state index in [1.165, 1.54) is 10.4 Å². The minimum absolute atomic E-state index is 0.0396. The summed E-state index contributed by atoms with van der Waals surface area (Å²) < 4.78 is 58.9. The maximum atomic E-state index is 14.4.